The van der Waals surface area contributed by atoms with Crippen molar-refractivity contribution in [2.75, 3.05) is 0 Å². The maximum absolute atomic E-state index is 12.6. The Morgan fingerprint density at radius 1 is 1.14 bits per heavy atom. The molecule has 0 unspecified atom stereocenters. The Labute approximate surface area is 127 Å². The predicted molar refractivity (Wildman–Crippen MR) is 83.0 cm³/mol. The maximum atomic E-state index is 12.6. The molecule has 4 nitrogen and oxygen atoms in total. The standard InChI is InChI=1S/C16H23NO3S/c1-12-9-10-14(13(2)18)11-16(12)21(19,20)17-15-7-5-3-4-6-8-15/h9-11,15,17H,3-8H2,1-2H3. The van der Waals surface area contributed by atoms with Crippen molar-refractivity contribution >= 4 is 15.8 Å². The zero-order valence-electron chi connectivity index (χ0n) is 12.7. The fourth-order valence-corrected chi connectivity index (χ4v) is 4.36. The van der Waals surface area contributed by atoms with E-state index in [0.717, 1.165) is 25.7 Å². The lowest BCUT2D eigenvalue weighted by Crippen LogP contribution is -2.34. The highest BCUT2D eigenvalue weighted by Gasteiger charge is 2.23. The molecule has 0 aromatic heterocycles. The lowest BCUT2D eigenvalue weighted by molar-refractivity contribution is 0.101. The van der Waals surface area contributed by atoms with E-state index in [-0.39, 0.29) is 16.7 Å². The van der Waals surface area contributed by atoms with E-state index in [4.69, 9.17) is 0 Å². The van der Waals surface area contributed by atoms with Gasteiger partial charge in [0.1, 0.15) is 0 Å². The maximum Gasteiger partial charge on any atom is 0.241 e. The summed E-state index contributed by atoms with van der Waals surface area (Å²) in [4.78, 5) is 11.7. The monoisotopic (exact) mass is 309 g/mol. The summed E-state index contributed by atoms with van der Waals surface area (Å²) < 4.78 is 28.0. The summed E-state index contributed by atoms with van der Waals surface area (Å²) in [6.45, 7) is 3.20. The number of ketones is 1. The number of carbonyl (C=O) groups excluding carboxylic acids is 1. The number of hydrogen-bond donors (Lipinski definition) is 1. The van der Waals surface area contributed by atoms with Crippen molar-refractivity contribution in [3.63, 3.8) is 0 Å². The van der Waals surface area contributed by atoms with Gasteiger partial charge in [-0.1, -0.05) is 37.8 Å². The number of Topliss-reactive ketones (excluding diaryl/α,β-unsaturated/α-hetero) is 1. The minimum atomic E-state index is -3.57. The minimum Gasteiger partial charge on any atom is -0.295 e. The van der Waals surface area contributed by atoms with E-state index in [1.54, 1.807) is 19.1 Å². The number of nitrogens with one attached hydrogen (secondary N) is 1. The summed E-state index contributed by atoms with van der Waals surface area (Å²) in [6.07, 6.45) is 6.28. The van der Waals surface area contributed by atoms with E-state index in [1.165, 1.54) is 25.8 Å². The summed E-state index contributed by atoms with van der Waals surface area (Å²) in [5.41, 5.74) is 1.10. The number of rotatable bonds is 4. The highest BCUT2D eigenvalue weighted by Crippen LogP contribution is 2.22. The largest absolute Gasteiger partial charge is 0.295 e. The van der Waals surface area contributed by atoms with Gasteiger partial charge < -0.3 is 0 Å². The minimum absolute atomic E-state index is 0.0119. The molecule has 0 saturated heterocycles. The molecular formula is C16H23NO3S. The summed E-state index contributed by atoms with van der Waals surface area (Å²) >= 11 is 0. The molecule has 5 heteroatoms. The lowest BCUT2D eigenvalue weighted by atomic mass is 10.1. The molecule has 1 aliphatic rings. The first-order valence-corrected chi connectivity index (χ1v) is 9.02. The number of hydrogen-bond acceptors (Lipinski definition) is 3. The van der Waals surface area contributed by atoms with Gasteiger partial charge in [-0.2, -0.15) is 0 Å². The fourth-order valence-electron chi connectivity index (χ4n) is 2.79. The van der Waals surface area contributed by atoms with E-state index in [0.29, 0.717) is 11.1 Å². The normalized spacial score (nSPS) is 17.4. The van der Waals surface area contributed by atoms with E-state index in [1.807, 2.05) is 0 Å². The molecule has 0 atom stereocenters. The van der Waals surface area contributed by atoms with Gasteiger partial charge in [0.25, 0.3) is 0 Å². The predicted octanol–water partition coefficient (Wildman–Crippen LogP) is 3.20. The Balaban J connectivity index is 2.26. The van der Waals surface area contributed by atoms with Crippen molar-refractivity contribution in [1.82, 2.24) is 4.72 Å². The summed E-state index contributed by atoms with van der Waals surface area (Å²) in [5.74, 6) is -0.124. The van der Waals surface area contributed by atoms with Gasteiger partial charge in [0, 0.05) is 11.6 Å². The second-order valence-corrected chi connectivity index (χ2v) is 7.53. The number of sulfonamides is 1. The lowest BCUT2D eigenvalue weighted by Gasteiger charge is -2.17. The van der Waals surface area contributed by atoms with Gasteiger partial charge in [0.2, 0.25) is 10.0 Å². The summed E-state index contributed by atoms with van der Waals surface area (Å²) in [6, 6.07) is 4.86. The Bertz CT molecular complexity index is 614. The quantitative estimate of drug-likeness (QED) is 0.686. The van der Waals surface area contributed by atoms with Gasteiger partial charge in [0.05, 0.1) is 4.90 Å². The van der Waals surface area contributed by atoms with Crippen LogP contribution in [0.25, 0.3) is 0 Å². The van der Waals surface area contributed by atoms with Gasteiger partial charge in [-0.05, 0) is 38.3 Å². The van der Waals surface area contributed by atoms with Crippen LogP contribution < -0.4 is 4.72 Å². The van der Waals surface area contributed by atoms with Crippen LogP contribution >= 0.6 is 0 Å². The molecule has 1 aliphatic carbocycles. The van der Waals surface area contributed by atoms with Crippen LogP contribution in [0.3, 0.4) is 0 Å². The Kier molecular flexibility index (Phi) is 5.17. The first-order chi connectivity index (χ1) is 9.90. The molecule has 1 aromatic rings. The topological polar surface area (TPSA) is 63.2 Å². The second kappa shape index (κ2) is 6.71. The average Bonchev–Trinajstić information content (AvgIpc) is 2.66. The van der Waals surface area contributed by atoms with Crippen LogP contribution in [0.5, 0.6) is 0 Å². The van der Waals surface area contributed by atoms with Crippen LogP contribution in [-0.2, 0) is 10.0 Å². The van der Waals surface area contributed by atoms with Crippen molar-refractivity contribution in [3.05, 3.63) is 29.3 Å². The van der Waals surface area contributed by atoms with E-state index >= 15 is 0 Å². The molecule has 21 heavy (non-hydrogen) atoms. The SMILES string of the molecule is CC(=O)c1ccc(C)c(S(=O)(=O)NC2CCCCCC2)c1. The molecule has 0 radical (unpaired) electrons. The molecule has 0 bridgehead atoms. The Morgan fingerprint density at radius 2 is 1.76 bits per heavy atom. The van der Waals surface area contributed by atoms with Gasteiger partial charge >= 0.3 is 0 Å². The van der Waals surface area contributed by atoms with Crippen LogP contribution in [0.15, 0.2) is 23.1 Å². The first-order valence-electron chi connectivity index (χ1n) is 7.54. The first kappa shape index (κ1) is 16.2. The molecule has 2 rings (SSSR count). The number of aryl methyl sites for hydroxylation is 1. The van der Waals surface area contributed by atoms with E-state index < -0.39 is 10.0 Å². The summed E-state index contributed by atoms with van der Waals surface area (Å²) in [5, 5.41) is 0. The molecule has 0 spiro atoms. The molecular weight excluding hydrogens is 286 g/mol. The van der Waals surface area contributed by atoms with Crippen LogP contribution in [0.2, 0.25) is 0 Å². The number of benzene rings is 1. The second-order valence-electron chi connectivity index (χ2n) is 5.85. The molecule has 1 aromatic carbocycles. The zero-order chi connectivity index (χ0) is 15.5. The molecule has 0 amide bonds. The molecule has 1 N–H and O–H groups in total. The molecule has 1 saturated carbocycles. The number of carbonyl (C=O) groups is 1. The average molecular weight is 309 g/mol. The third-order valence-corrected chi connectivity index (χ3v) is 5.72. The van der Waals surface area contributed by atoms with Crippen molar-refractivity contribution in [2.45, 2.75) is 63.3 Å². The molecule has 116 valence electrons. The molecule has 0 aliphatic heterocycles. The summed E-state index contributed by atoms with van der Waals surface area (Å²) in [7, 11) is -3.57. The highest BCUT2D eigenvalue weighted by molar-refractivity contribution is 7.89. The third kappa shape index (κ3) is 4.14. The van der Waals surface area contributed by atoms with Crippen molar-refractivity contribution in [3.8, 4) is 0 Å². The Morgan fingerprint density at radius 3 is 2.33 bits per heavy atom. The van der Waals surface area contributed by atoms with Crippen molar-refractivity contribution < 1.29 is 13.2 Å². The Hall–Kier alpha value is -1.20. The van der Waals surface area contributed by atoms with Gasteiger partial charge in [-0.25, -0.2) is 13.1 Å². The van der Waals surface area contributed by atoms with Crippen molar-refractivity contribution in [2.24, 2.45) is 0 Å². The molecule has 1 fully saturated rings. The van der Waals surface area contributed by atoms with Gasteiger partial charge in [0.15, 0.2) is 5.78 Å². The van der Waals surface area contributed by atoms with E-state index in [9.17, 15) is 13.2 Å². The van der Waals surface area contributed by atoms with Gasteiger partial charge in [-0.3, -0.25) is 4.79 Å². The zero-order valence-corrected chi connectivity index (χ0v) is 13.5. The van der Waals surface area contributed by atoms with Crippen molar-refractivity contribution in [1.29, 1.82) is 0 Å². The van der Waals surface area contributed by atoms with Crippen LogP contribution in [0.1, 0.15) is 61.4 Å². The van der Waals surface area contributed by atoms with Crippen LogP contribution in [-0.4, -0.2) is 20.2 Å². The van der Waals surface area contributed by atoms with Gasteiger partial charge in [-0.15, -0.1) is 0 Å². The fraction of sp³-hybridized carbons (Fsp3) is 0.562. The van der Waals surface area contributed by atoms with Crippen LogP contribution in [0, 0.1) is 6.92 Å². The third-order valence-electron chi connectivity index (χ3n) is 4.06. The smallest absolute Gasteiger partial charge is 0.241 e. The molecule has 0 heterocycles. The van der Waals surface area contributed by atoms with E-state index in [2.05, 4.69) is 4.72 Å². The highest BCUT2D eigenvalue weighted by atomic mass is 32.2. The van der Waals surface area contributed by atoms with Crippen LogP contribution in [0.4, 0.5) is 0 Å².